The SMILES string of the molecule is CCOc1nc(Oc2cc(C)cc(C)c2)ccc1N. The molecular weight excluding hydrogens is 240 g/mol. The number of benzene rings is 1. The van der Waals surface area contributed by atoms with Crippen LogP contribution in [0.15, 0.2) is 30.3 Å². The summed E-state index contributed by atoms with van der Waals surface area (Å²) in [6.07, 6.45) is 0. The molecule has 0 radical (unpaired) electrons. The molecule has 2 aromatic rings. The van der Waals surface area contributed by atoms with E-state index in [2.05, 4.69) is 11.1 Å². The fraction of sp³-hybridized carbons (Fsp3) is 0.267. The highest BCUT2D eigenvalue weighted by molar-refractivity contribution is 5.49. The Labute approximate surface area is 113 Å². The summed E-state index contributed by atoms with van der Waals surface area (Å²) in [7, 11) is 0. The van der Waals surface area contributed by atoms with Gasteiger partial charge in [-0.3, -0.25) is 0 Å². The van der Waals surface area contributed by atoms with Crippen molar-refractivity contribution in [3.05, 3.63) is 41.5 Å². The van der Waals surface area contributed by atoms with Crippen LogP contribution in [0.1, 0.15) is 18.1 Å². The van der Waals surface area contributed by atoms with Gasteiger partial charge in [-0.25, -0.2) is 0 Å². The molecule has 0 aliphatic rings. The Balaban J connectivity index is 2.25. The lowest BCUT2D eigenvalue weighted by Crippen LogP contribution is -2.00. The molecule has 1 heterocycles. The molecule has 4 heteroatoms. The van der Waals surface area contributed by atoms with Gasteiger partial charge < -0.3 is 15.2 Å². The van der Waals surface area contributed by atoms with Crippen molar-refractivity contribution in [2.45, 2.75) is 20.8 Å². The number of pyridine rings is 1. The van der Waals surface area contributed by atoms with E-state index in [0.717, 1.165) is 16.9 Å². The van der Waals surface area contributed by atoms with Crippen molar-refractivity contribution in [2.75, 3.05) is 12.3 Å². The molecule has 0 aliphatic carbocycles. The molecule has 0 atom stereocenters. The molecule has 0 saturated carbocycles. The molecule has 0 spiro atoms. The van der Waals surface area contributed by atoms with Gasteiger partial charge in [0, 0.05) is 6.07 Å². The van der Waals surface area contributed by atoms with E-state index in [1.807, 2.05) is 32.9 Å². The van der Waals surface area contributed by atoms with Gasteiger partial charge in [-0.15, -0.1) is 0 Å². The van der Waals surface area contributed by atoms with Crippen LogP contribution in [-0.4, -0.2) is 11.6 Å². The summed E-state index contributed by atoms with van der Waals surface area (Å²) in [5.74, 6) is 1.64. The minimum Gasteiger partial charge on any atom is -0.476 e. The summed E-state index contributed by atoms with van der Waals surface area (Å²) in [6.45, 7) is 6.46. The van der Waals surface area contributed by atoms with Crippen LogP contribution in [0.5, 0.6) is 17.5 Å². The number of nitrogen functional groups attached to an aromatic ring is 1. The van der Waals surface area contributed by atoms with E-state index in [-0.39, 0.29) is 0 Å². The van der Waals surface area contributed by atoms with E-state index in [0.29, 0.717) is 24.1 Å². The van der Waals surface area contributed by atoms with E-state index in [9.17, 15) is 0 Å². The third kappa shape index (κ3) is 3.37. The minimum atomic E-state index is 0.407. The first-order valence-corrected chi connectivity index (χ1v) is 6.24. The molecule has 0 amide bonds. The van der Waals surface area contributed by atoms with E-state index >= 15 is 0 Å². The van der Waals surface area contributed by atoms with E-state index < -0.39 is 0 Å². The van der Waals surface area contributed by atoms with Crippen LogP contribution < -0.4 is 15.2 Å². The Hall–Kier alpha value is -2.23. The van der Waals surface area contributed by atoms with Gasteiger partial charge in [-0.05, 0) is 50.1 Å². The number of anilines is 1. The molecule has 0 aliphatic heterocycles. The summed E-state index contributed by atoms with van der Waals surface area (Å²) >= 11 is 0. The van der Waals surface area contributed by atoms with Crippen LogP contribution in [0, 0.1) is 13.8 Å². The van der Waals surface area contributed by atoms with Gasteiger partial charge in [-0.1, -0.05) is 6.07 Å². The number of nitrogens with two attached hydrogens (primary N) is 1. The van der Waals surface area contributed by atoms with Crippen LogP contribution in [0.2, 0.25) is 0 Å². The molecule has 0 fully saturated rings. The monoisotopic (exact) mass is 258 g/mol. The van der Waals surface area contributed by atoms with Gasteiger partial charge in [0.25, 0.3) is 0 Å². The zero-order chi connectivity index (χ0) is 13.8. The molecule has 0 unspecified atom stereocenters. The first kappa shape index (κ1) is 13.2. The van der Waals surface area contributed by atoms with E-state index in [4.69, 9.17) is 15.2 Å². The quantitative estimate of drug-likeness (QED) is 0.912. The summed E-state index contributed by atoms with van der Waals surface area (Å²) in [5.41, 5.74) is 8.58. The highest BCUT2D eigenvalue weighted by atomic mass is 16.5. The molecule has 100 valence electrons. The Morgan fingerprint density at radius 1 is 1.11 bits per heavy atom. The van der Waals surface area contributed by atoms with Crippen molar-refractivity contribution in [3.63, 3.8) is 0 Å². The van der Waals surface area contributed by atoms with Crippen molar-refractivity contribution in [1.29, 1.82) is 0 Å². The second-order valence-electron chi connectivity index (χ2n) is 4.40. The van der Waals surface area contributed by atoms with Crippen molar-refractivity contribution in [1.82, 2.24) is 4.98 Å². The lowest BCUT2D eigenvalue weighted by atomic mass is 10.1. The normalized spacial score (nSPS) is 10.3. The molecule has 1 aromatic carbocycles. The maximum atomic E-state index is 5.77. The first-order chi connectivity index (χ1) is 9.08. The largest absolute Gasteiger partial charge is 0.476 e. The Kier molecular flexibility index (Phi) is 3.90. The summed E-state index contributed by atoms with van der Waals surface area (Å²) in [6, 6.07) is 9.48. The average molecular weight is 258 g/mol. The summed E-state index contributed by atoms with van der Waals surface area (Å²) < 4.78 is 11.1. The second kappa shape index (κ2) is 5.61. The zero-order valence-electron chi connectivity index (χ0n) is 11.4. The zero-order valence-corrected chi connectivity index (χ0v) is 11.4. The number of hydrogen-bond donors (Lipinski definition) is 1. The number of ether oxygens (including phenoxy) is 2. The predicted molar refractivity (Wildman–Crippen MR) is 75.8 cm³/mol. The van der Waals surface area contributed by atoms with Crippen LogP contribution in [0.4, 0.5) is 5.69 Å². The van der Waals surface area contributed by atoms with Crippen LogP contribution in [0.25, 0.3) is 0 Å². The maximum absolute atomic E-state index is 5.77. The van der Waals surface area contributed by atoms with E-state index in [1.165, 1.54) is 0 Å². The topological polar surface area (TPSA) is 57.4 Å². The Morgan fingerprint density at radius 2 is 1.79 bits per heavy atom. The van der Waals surface area contributed by atoms with E-state index in [1.54, 1.807) is 12.1 Å². The van der Waals surface area contributed by atoms with Gasteiger partial charge >= 0.3 is 0 Å². The predicted octanol–water partition coefficient (Wildman–Crippen LogP) is 3.47. The molecule has 0 saturated heterocycles. The molecule has 2 rings (SSSR count). The third-order valence-electron chi connectivity index (χ3n) is 2.56. The van der Waals surface area contributed by atoms with Crippen molar-refractivity contribution in [3.8, 4) is 17.5 Å². The molecule has 0 bridgehead atoms. The van der Waals surface area contributed by atoms with Crippen LogP contribution in [-0.2, 0) is 0 Å². The summed E-state index contributed by atoms with van der Waals surface area (Å²) in [5, 5.41) is 0. The van der Waals surface area contributed by atoms with Gasteiger partial charge in [0.15, 0.2) is 0 Å². The Bertz CT molecular complexity index is 562. The lowest BCUT2D eigenvalue weighted by molar-refractivity contribution is 0.323. The number of aryl methyl sites for hydroxylation is 2. The first-order valence-electron chi connectivity index (χ1n) is 6.24. The Morgan fingerprint density at radius 3 is 2.42 bits per heavy atom. The second-order valence-corrected chi connectivity index (χ2v) is 4.40. The van der Waals surface area contributed by atoms with Gasteiger partial charge in [-0.2, -0.15) is 4.98 Å². The number of hydrogen-bond acceptors (Lipinski definition) is 4. The van der Waals surface area contributed by atoms with Crippen molar-refractivity contribution >= 4 is 5.69 Å². The minimum absolute atomic E-state index is 0.407. The highest BCUT2D eigenvalue weighted by Gasteiger charge is 2.06. The third-order valence-corrected chi connectivity index (χ3v) is 2.56. The molecule has 1 aromatic heterocycles. The molecule has 2 N–H and O–H groups in total. The summed E-state index contributed by atoms with van der Waals surface area (Å²) in [4.78, 5) is 4.25. The lowest BCUT2D eigenvalue weighted by Gasteiger charge is -2.10. The average Bonchev–Trinajstić information content (AvgIpc) is 2.32. The van der Waals surface area contributed by atoms with Gasteiger partial charge in [0.05, 0.1) is 12.3 Å². The van der Waals surface area contributed by atoms with Gasteiger partial charge in [0.2, 0.25) is 11.8 Å². The molecule has 4 nitrogen and oxygen atoms in total. The molecule has 19 heavy (non-hydrogen) atoms. The molecular formula is C15H18N2O2. The standard InChI is InChI=1S/C15H18N2O2/c1-4-18-15-13(16)5-6-14(17-15)19-12-8-10(2)7-11(3)9-12/h5-9H,4,16H2,1-3H3. The highest BCUT2D eigenvalue weighted by Crippen LogP contribution is 2.27. The van der Waals surface area contributed by atoms with Gasteiger partial charge in [0.1, 0.15) is 5.75 Å². The number of aromatic nitrogens is 1. The number of rotatable bonds is 4. The van der Waals surface area contributed by atoms with Crippen molar-refractivity contribution < 1.29 is 9.47 Å². The fourth-order valence-electron chi connectivity index (χ4n) is 1.86. The number of nitrogens with zero attached hydrogens (tertiary/aromatic N) is 1. The maximum Gasteiger partial charge on any atom is 0.240 e. The van der Waals surface area contributed by atoms with Crippen LogP contribution >= 0.6 is 0 Å². The van der Waals surface area contributed by atoms with Crippen LogP contribution in [0.3, 0.4) is 0 Å². The van der Waals surface area contributed by atoms with Crippen molar-refractivity contribution in [2.24, 2.45) is 0 Å². The fourth-order valence-corrected chi connectivity index (χ4v) is 1.86. The smallest absolute Gasteiger partial charge is 0.240 e.